The summed E-state index contributed by atoms with van der Waals surface area (Å²) in [6, 6.07) is 1.74. The Balaban J connectivity index is 2.21. The highest BCUT2D eigenvalue weighted by Crippen LogP contribution is 2.25. The first-order chi connectivity index (χ1) is 8.50. The van der Waals surface area contributed by atoms with E-state index in [1.54, 1.807) is 13.2 Å². The van der Waals surface area contributed by atoms with Crippen molar-refractivity contribution in [2.45, 2.75) is 32.0 Å². The van der Waals surface area contributed by atoms with Gasteiger partial charge in [-0.3, -0.25) is 0 Å². The van der Waals surface area contributed by atoms with Crippen LogP contribution in [0.3, 0.4) is 0 Å². The molecule has 18 heavy (non-hydrogen) atoms. The van der Waals surface area contributed by atoms with Crippen LogP contribution in [0.15, 0.2) is 6.07 Å². The van der Waals surface area contributed by atoms with Gasteiger partial charge >= 0.3 is 0 Å². The van der Waals surface area contributed by atoms with Gasteiger partial charge in [-0.2, -0.15) is 0 Å². The van der Waals surface area contributed by atoms with E-state index in [0.717, 1.165) is 25.2 Å². The van der Waals surface area contributed by atoms with Crippen molar-refractivity contribution in [2.24, 2.45) is 0 Å². The van der Waals surface area contributed by atoms with Gasteiger partial charge in [0.2, 0.25) is 0 Å². The van der Waals surface area contributed by atoms with Crippen LogP contribution in [-0.4, -0.2) is 40.9 Å². The van der Waals surface area contributed by atoms with E-state index in [1.807, 2.05) is 11.8 Å². The van der Waals surface area contributed by atoms with Gasteiger partial charge in [-0.25, -0.2) is 9.97 Å². The number of nitrogen functional groups attached to an aromatic ring is 1. The fraction of sp³-hybridized carbons (Fsp3) is 0.667. The molecule has 6 heteroatoms. The molecule has 0 aromatic carbocycles. The minimum Gasteiger partial charge on any atom is -0.388 e. The second kappa shape index (κ2) is 5.07. The molecule has 1 saturated heterocycles. The quantitative estimate of drug-likeness (QED) is 0.817. The van der Waals surface area contributed by atoms with Crippen LogP contribution in [0.2, 0.25) is 0 Å². The van der Waals surface area contributed by atoms with Gasteiger partial charge in [0.15, 0.2) is 5.82 Å². The molecule has 1 aromatic heterocycles. The van der Waals surface area contributed by atoms with Gasteiger partial charge in [-0.05, 0) is 19.8 Å². The average Bonchev–Trinajstić information content (AvgIpc) is 2.27. The predicted molar refractivity (Wildman–Crippen MR) is 69.2 cm³/mol. The summed E-state index contributed by atoms with van der Waals surface area (Å²) >= 11 is 0. The van der Waals surface area contributed by atoms with E-state index in [0.29, 0.717) is 24.8 Å². The molecule has 1 unspecified atom stereocenters. The maximum atomic E-state index is 10.1. The van der Waals surface area contributed by atoms with Gasteiger partial charge in [0.1, 0.15) is 18.2 Å². The monoisotopic (exact) mass is 252 g/mol. The summed E-state index contributed by atoms with van der Waals surface area (Å²) in [7, 11) is 1.60. The number of aromatic nitrogens is 2. The van der Waals surface area contributed by atoms with Gasteiger partial charge < -0.3 is 20.5 Å². The number of aliphatic hydroxyl groups is 1. The van der Waals surface area contributed by atoms with Crippen LogP contribution in [0.4, 0.5) is 11.6 Å². The van der Waals surface area contributed by atoms with Crippen LogP contribution in [0.25, 0.3) is 0 Å². The van der Waals surface area contributed by atoms with E-state index < -0.39 is 5.60 Å². The van der Waals surface area contributed by atoms with Crippen LogP contribution in [0.5, 0.6) is 0 Å². The van der Waals surface area contributed by atoms with Crippen LogP contribution in [-0.2, 0) is 11.3 Å². The smallest absolute Gasteiger partial charge is 0.158 e. The van der Waals surface area contributed by atoms with Crippen LogP contribution >= 0.6 is 0 Å². The Hall–Kier alpha value is -1.40. The lowest BCUT2D eigenvalue weighted by Gasteiger charge is -2.37. The molecular weight excluding hydrogens is 232 g/mol. The third kappa shape index (κ3) is 3.08. The van der Waals surface area contributed by atoms with Gasteiger partial charge in [0, 0.05) is 26.3 Å². The molecule has 0 amide bonds. The third-order valence-electron chi connectivity index (χ3n) is 3.05. The number of β-amino-alcohol motifs (C(OH)–C–C–N with tert-alkyl or cyclic N) is 1. The van der Waals surface area contributed by atoms with Crippen molar-refractivity contribution in [2.75, 3.05) is 30.8 Å². The highest BCUT2D eigenvalue weighted by molar-refractivity contribution is 5.47. The van der Waals surface area contributed by atoms with Crippen molar-refractivity contribution in [1.82, 2.24) is 9.97 Å². The first kappa shape index (κ1) is 13.0. The van der Waals surface area contributed by atoms with Gasteiger partial charge in [0.25, 0.3) is 0 Å². The van der Waals surface area contributed by atoms with Crippen molar-refractivity contribution in [3.63, 3.8) is 0 Å². The molecule has 2 rings (SSSR count). The summed E-state index contributed by atoms with van der Waals surface area (Å²) in [6.45, 7) is 3.62. The summed E-state index contributed by atoms with van der Waals surface area (Å²) in [6.07, 6.45) is 1.76. The fourth-order valence-corrected chi connectivity index (χ4v) is 2.27. The predicted octanol–water partition coefficient (Wildman–Crippen LogP) is 0.556. The molecule has 0 radical (unpaired) electrons. The molecule has 0 spiro atoms. The number of hydrogen-bond donors (Lipinski definition) is 2. The number of methoxy groups -OCH3 is 1. The zero-order chi connectivity index (χ0) is 13.2. The van der Waals surface area contributed by atoms with E-state index in [9.17, 15) is 5.11 Å². The molecule has 1 fully saturated rings. The summed E-state index contributed by atoms with van der Waals surface area (Å²) < 4.78 is 5.02. The molecular formula is C12H20N4O2. The van der Waals surface area contributed by atoms with E-state index in [1.165, 1.54) is 0 Å². The van der Waals surface area contributed by atoms with Gasteiger partial charge in [-0.15, -0.1) is 0 Å². The minimum atomic E-state index is -0.667. The summed E-state index contributed by atoms with van der Waals surface area (Å²) in [4.78, 5) is 10.6. The number of nitrogens with zero attached hydrogens (tertiary/aromatic N) is 3. The SMILES string of the molecule is COCc1nc(N)cc(N2CCCC(C)(O)C2)n1. The number of rotatable bonds is 3. The molecule has 1 atom stereocenters. The van der Waals surface area contributed by atoms with E-state index >= 15 is 0 Å². The minimum absolute atomic E-state index is 0.336. The highest BCUT2D eigenvalue weighted by Gasteiger charge is 2.29. The lowest BCUT2D eigenvalue weighted by Crippen LogP contribution is -2.46. The Morgan fingerprint density at radius 2 is 2.33 bits per heavy atom. The Morgan fingerprint density at radius 3 is 3.00 bits per heavy atom. The number of anilines is 2. The Kier molecular flexibility index (Phi) is 3.68. The van der Waals surface area contributed by atoms with Gasteiger partial charge in [0.05, 0.1) is 5.60 Å². The van der Waals surface area contributed by atoms with E-state index in [-0.39, 0.29) is 0 Å². The zero-order valence-electron chi connectivity index (χ0n) is 10.9. The van der Waals surface area contributed by atoms with E-state index in [2.05, 4.69) is 9.97 Å². The molecule has 100 valence electrons. The van der Waals surface area contributed by atoms with Crippen molar-refractivity contribution < 1.29 is 9.84 Å². The lowest BCUT2D eigenvalue weighted by molar-refractivity contribution is 0.0446. The maximum absolute atomic E-state index is 10.1. The second-order valence-corrected chi connectivity index (χ2v) is 5.02. The molecule has 0 bridgehead atoms. The van der Waals surface area contributed by atoms with Crippen molar-refractivity contribution in [3.8, 4) is 0 Å². The number of piperidine rings is 1. The fourth-order valence-electron chi connectivity index (χ4n) is 2.27. The maximum Gasteiger partial charge on any atom is 0.158 e. The summed E-state index contributed by atoms with van der Waals surface area (Å²) in [5.74, 6) is 1.75. The highest BCUT2D eigenvalue weighted by atomic mass is 16.5. The molecule has 2 heterocycles. The standard InChI is InChI=1S/C12H20N4O2/c1-12(17)4-3-5-16(8-12)11-6-9(13)14-10(15-11)7-18-2/h6,17H,3-5,7-8H2,1-2H3,(H2,13,14,15). The second-order valence-electron chi connectivity index (χ2n) is 5.02. The Bertz CT molecular complexity index is 423. The first-order valence-electron chi connectivity index (χ1n) is 6.10. The third-order valence-corrected chi connectivity index (χ3v) is 3.05. The number of nitrogens with two attached hydrogens (primary N) is 1. The van der Waals surface area contributed by atoms with Crippen LogP contribution in [0, 0.1) is 0 Å². The largest absolute Gasteiger partial charge is 0.388 e. The summed E-state index contributed by atoms with van der Waals surface area (Å²) in [5.41, 5.74) is 5.10. The average molecular weight is 252 g/mol. The molecule has 0 saturated carbocycles. The topological polar surface area (TPSA) is 84.5 Å². The molecule has 3 N–H and O–H groups in total. The van der Waals surface area contributed by atoms with Crippen molar-refractivity contribution in [1.29, 1.82) is 0 Å². The molecule has 1 aliphatic heterocycles. The summed E-state index contributed by atoms with van der Waals surface area (Å²) in [5, 5.41) is 10.1. The molecule has 1 aromatic rings. The lowest BCUT2D eigenvalue weighted by atomic mass is 9.95. The molecule has 6 nitrogen and oxygen atoms in total. The molecule has 0 aliphatic carbocycles. The zero-order valence-corrected chi connectivity index (χ0v) is 10.9. The van der Waals surface area contributed by atoms with Crippen molar-refractivity contribution >= 4 is 11.6 Å². The number of ether oxygens (including phenoxy) is 1. The van der Waals surface area contributed by atoms with Crippen LogP contribution in [0.1, 0.15) is 25.6 Å². The van der Waals surface area contributed by atoms with Crippen molar-refractivity contribution in [3.05, 3.63) is 11.9 Å². The normalized spacial score (nSPS) is 24.3. The Morgan fingerprint density at radius 1 is 1.56 bits per heavy atom. The first-order valence-corrected chi connectivity index (χ1v) is 6.10. The van der Waals surface area contributed by atoms with E-state index in [4.69, 9.17) is 10.5 Å². The molecule has 1 aliphatic rings. The van der Waals surface area contributed by atoms with Crippen LogP contribution < -0.4 is 10.6 Å². The van der Waals surface area contributed by atoms with Gasteiger partial charge in [-0.1, -0.05) is 0 Å². The number of hydrogen-bond acceptors (Lipinski definition) is 6. The Labute approximate surface area is 107 Å².